The Hall–Kier alpha value is -3.41. The summed E-state index contributed by atoms with van der Waals surface area (Å²) in [6.45, 7) is 1.27. The van der Waals surface area contributed by atoms with E-state index < -0.39 is 0 Å². The Bertz CT molecular complexity index is 948. The number of fused-ring (bicyclic) bond motifs is 1. The predicted molar refractivity (Wildman–Crippen MR) is 96.9 cm³/mol. The van der Waals surface area contributed by atoms with Gasteiger partial charge in [-0.1, -0.05) is 18.2 Å². The van der Waals surface area contributed by atoms with Crippen molar-refractivity contribution in [3.63, 3.8) is 0 Å². The highest BCUT2D eigenvalue weighted by Gasteiger charge is 2.21. The highest BCUT2D eigenvalue weighted by atomic mass is 16.2. The minimum Gasteiger partial charge on any atom is -0.336 e. The fourth-order valence-electron chi connectivity index (χ4n) is 2.91. The first-order valence-electron chi connectivity index (χ1n) is 8.03. The Morgan fingerprint density at radius 2 is 1.88 bits per heavy atom. The summed E-state index contributed by atoms with van der Waals surface area (Å²) in [5, 5.41) is 6.63. The van der Waals surface area contributed by atoms with Gasteiger partial charge in [-0.25, -0.2) is 4.79 Å². The van der Waals surface area contributed by atoms with Gasteiger partial charge in [0.25, 0.3) is 5.91 Å². The van der Waals surface area contributed by atoms with Gasteiger partial charge in [-0.2, -0.15) is 0 Å². The van der Waals surface area contributed by atoms with Crippen molar-refractivity contribution in [2.45, 2.75) is 0 Å². The smallest absolute Gasteiger partial charge is 0.321 e. The zero-order valence-electron chi connectivity index (χ0n) is 13.4. The van der Waals surface area contributed by atoms with Crippen LogP contribution in [0.5, 0.6) is 0 Å². The van der Waals surface area contributed by atoms with Crippen LogP contribution in [0.1, 0.15) is 10.4 Å². The summed E-state index contributed by atoms with van der Waals surface area (Å²) in [5.74, 6) is -0.212. The van der Waals surface area contributed by atoms with E-state index in [0.717, 1.165) is 16.6 Å². The molecule has 3 aromatic rings. The summed E-state index contributed by atoms with van der Waals surface area (Å²) < 4.78 is 0. The van der Waals surface area contributed by atoms with E-state index in [2.05, 4.69) is 15.6 Å². The molecule has 2 aromatic carbocycles. The Labute approximate surface area is 144 Å². The van der Waals surface area contributed by atoms with Crippen LogP contribution in [0.4, 0.5) is 16.2 Å². The molecule has 2 heterocycles. The molecule has 1 aliphatic rings. The quantitative estimate of drug-likeness (QED) is 0.774. The summed E-state index contributed by atoms with van der Waals surface area (Å²) in [6, 6.07) is 16.4. The van der Waals surface area contributed by atoms with Gasteiger partial charge >= 0.3 is 6.03 Å². The molecule has 6 heteroatoms. The van der Waals surface area contributed by atoms with Crippen LogP contribution in [-0.2, 0) is 0 Å². The number of pyridine rings is 1. The van der Waals surface area contributed by atoms with Crippen molar-refractivity contribution in [3.8, 4) is 0 Å². The molecule has 0 atom stereocenters. The number of amides is 3. The van der Waals surface area contributed by atoms with E-state index in [1.165, 1.54) is 0 Å². The molecule has 0 bridgehead atoms. The van der Waals surface area contributed by atoms with Gasteiger partial charge in [0.05, 0.1) is 11.2 Å². The van der Waals surface area contributed by atoms with Crippen LogP contribution in [0.3, 0.4) is 0 Å². The van der Waals surface area contributed by atoms with E-state index in [9.17, 15) is 9.59 Å². The van der Waals surface area contributed by atoms with Crippen molar-refractivity contribution >= 4 is 34.2 Å². The van der Waals surface area contributed by atoms with Crippen molar-refractivity contribution in [1.82, 2.24) is 10.3 Å². The lowest BCUT2D eigenvalue weighted by molar-refractivity contribution is 0.102. The zero-order chi connectivity index (χ0) is 17.2. The zero-order valence-corrected chi connectivity index (χ0v) is 13.4. The number of nitrogens with zero attached hydrogens (tertiary/aromatic N) is 2. The largest absolute Gasteiger partial charge is 0.336 e. The molecule has 1 aromatic heterocycles. The first kappa shape index (κ1) is 15.1. The molecule has 124 valence electrons. The summed E-state index contributed by atoms with van der Waals surface area (Å²) in [4.78, 5) is 30.2. The summed E-state index contributed by atoms with van der Waals surface area (Å²) in [5.41, 5.74) is 2.73. The number of hydrogen-bond acceptors (Lipinski definition) is 3. The first-order valence-corrected chi connectivity index (χ1v) is 8.03. The number of urea groups is 1. The molecule has 1 fully saturated rings. The summed E-state index contributed by atoms with van der Waals surface area (Å²) in [6.07, 6.45) is 1.70. The van der Waals surface area contributed by atoms with Crippen LogP contribution >= 0.6 is 0 Å². The molecule has 0 spiro atoms. The average molecular weight is 332 g/mol. The third kappa shape index (κ3) is 2.89. The van der Waals surface area contributed by atoms with E-state index in [4.69, 9.17) is 0 Å². The lowest BCUT2D eigenvalue weighted by Gasteiger charge is -2.14. The molecule has 0 saturated carbocycles. The van der Waals surface area contributed by atoms with Crippen molar-refractivity contribution in [3.05, 3.63) is 66.4 Å². The maximum atomic E-state index is 12.5. The summed E-state index contributed by atoms with van der Waals surface area (Å²) in [7, 11) is 0. The van der Waals surface area contributed by atoms with Crippen molar-refractivity contribution < 1.29 is 9.59 Å². The molecular weight excluding hydrogens is 316 g/mol. The SMILES string of the molecule is O=C(Nc1cccc2cccnc12)c1ccc(N2CCNC2=O)cc1. The van der Waals surface area contributed by atoms with Crippen LogP contribution in [0, 0.1) is 0 Å². The molecule has 0 aliphatic carbocycles. The normalized spacial score (nSPS) is 13.8. The topological polar surface area (TPSA) is 74.3 Å². The van der Waals surface area contributed by atoms with Crippen LogP contribution in [0.2, 0.25) is 0 Å². The molecule has 0 radical (unpaired) electrons. The number of anilines is 2. The molecular formula is C19H16N4O2. The first-order chi connectivity index (χ1) is 12.2. The fraction of sp³-hybridized carbons (Fsp3) is 0.105. The third-order valence-electron chi connectivity index (χ3n) is 4.18. The molecule has 2 N–H and O–H groups in total. The molecule has 6 nitrogen and oxygen atoms in total. The number of nitrogens with one attached hydrogen (secondary N) is 2. The minimum absolute atomic E-state index is 0.112. The fourth-order valence-corrected chi connectivity index (χ4v) is 2.91. The maximum absolute atomic E-state index is 12.5. The second-order valence-corrected chi connectivity index (χ2v) is 5.77. The number of carbonyl (C=O) groups is 2. The van der Waals surface area contributed by atoms with Gasteiger partial charge in [0, 0.05) is 35.9 Å². The van der Waals surface area contributed by atoms with Gasteiger partial charge in [-0.15, -0.1) is 0 Å². The highest BCUT2D eigenvalue weighted by Crippen LogP contribution is 2.22. The Morgan fingerprint density at radius 1 is 1.08 bits per heavy atom. The Morgan fingerprint density at radius 3 is 2.64 bits per heavy atom. The van der Waals surface area contributed by atoms with Gasteiger partial charge in [-0.05, 0) is 36.4 Å². The number of aromatic nitrogens is 1. The van der Waals surface area contributed by atoms with Crippen LogP contribution in [0.25, 0.3) is 10.9 Å². The molecule has 3 amide bonds. The van der Waals surface area contributed by atoms with Crippen LogP contribution in [-0.4, -0.2) is 30.0 Å². The van der Waals surface area contributed by atoms with E-state index in [-0.39, 0.29) is 11.9 Å². The highest BCUT2D eigenvalue weighted by molar-refractivity contribution is 6.08. The lowest BCUT2D eigenvalue weighted by atomic mass is 10.1. The van der Waals surface area contributed by atoms with Gasteiger partial charge < -0.3 is 10.6 Å². The van der Waals surface area contributed by atoms with E-state index in [1.54, 1.807) is 35.4 Å². The van der Waals surface area contributed by atoms with Crippen molar-refractivity contribution in [2.24, 2.45) is 0 Å². The van der Waals surface area contributed by atoms with Gasteiger partial charge in [-0.3, -0.25) is 14.7 Å². The van der Waals surface area contributed by atoms with Crippen molar-refractivity contribution in [2.75, 3.05) is 23.3 Å². The number of hydrogen-bond donors (Lipinski definition) is 2. The number of para-hydroxylation sites is 1. The van der Waals surface area contributed by atoms with Gasteiger partial charge in [0.1, 0.15) is 0 Å². The average Bonchev–Trinajstić information content (AvgIpc) is 3.08. The van der Waals surface area contributed by atoms with Crippen LogP contribution < -0.4 is 15.5 Å². The maximum Gasteiger partial charge on any atom is 0.321 e. The predicted octanol–water partition coefficient (Wildman–Crippen LogP) is 3.02. The van der Waals surface area contributed by atoms with E-state index >= 15 is 0 Å². The van der Waals surface area contributed by atoms with E-state index in [1.807, 2.05) is 30.3 Å². The number of carbonyl (C=O) groups excluding carboxylic acids is 2. The molecule has 1 saturated heterocycles. The van der Waals surface area contributed by atoms with Crippen molar-refractivity contribution in [1.29, 1.82) is 0 Å². The monoisotopic (exact) mass is 332 g/mol. The number of benzene rings is 2. The van der Waals surface area contributed by atoms with E-state index in [0.29, 0.717) is 24.3 Å². The van der Waals surface area contributed by atoms with Crippen LogP contribution in [0.15, 0.2) is 60.8 Å². The van der Waals surface area contributed by atoms with Gasteiger partial charge in [0.2, 0.25) is 0 Å². The Balaban J connectivity index is 1.55. The standard InChI is InChI=1S/C19H16N4O2/c24-18(22-16-5-1-3-13-4-2-10-20-17(13)16)14-6-8-15(9-7-14)23-12-11-21-19(23)25/h1-10H,11-12H2,(H,21,25)(H,22,24). The Kier molecular flexibility index (Phi) is 3.78. The third-order valence-corrected chi connectivity index (χ3v) is 4.18. The second-order valence-electron chi connectivity index (χ2n) is 5.77. The van der Waals surface area contributed by atoms with Gasteiger partial charge in [0.15, 0.2) is 0 Å². The lowest BCUT2D eigenvalue weighted by Crippen LogP contribution is -2.27. The molecule has 1 aliphatic heterocycles. The number of rotatable bonds is 3. The minimum atomic E-state index is -0.212. The summed E-state index contributed by atoms with van der Waals surface area (Å²) >= 11 is 0. The second kappa shape index (κ2) is 6.24. The molecule has 4 rings (SSSR count). The molecule has 0 unspecified atom stereocenters. The molecule has 25 heavy (non-hydrogen) atoms.